The quantitative estimate of drug-likeness (QED) is 0.572. The standard InChI is InChI=1S/C10H15N/c1-7(2)9-5-6-10(11-9)8-3-4-8/h5,7-8H,3-4,6H2,1-2H3. The van der Waals surface area contributed by atoms with Gasteiger partial charge in [0.05, 0.1) is 0 Å². The summed E-state index contributed by atoms with van der Waals surface area (Å²) in [6.45, 7) is 4.43. The van der Waals surface area contributed by atoms with Crippen LogP contribution in [0, 0.1) is 11.8 Å². The lowest BCUT2D eigenvalue weighted by atomic mass is 10.1. The van der Waals surface area contributed by atoms with Crippen LogP contribution in [0.5, 0.6) is 0 Å². The Labute approximate surface area is 68.2 Å². The van der Waals surface area contributed by atoms with E-state index in [1.54, 1.807) is 0 Å². The summed E-state index contributed by atoms with van der Waals surface area (Å²) >= 11 is 0. The third kappa shape index (κ3) is 1.37. The summed E-state index contributed by atoms with van der Waals surface area (Å²) in [4.78, 5) is 4.63. The van der Waals surface area contributed by atoms with Crippen LogP contribution in [-0.4, -0.2) is 5.71 Å². The Balaban J connectivity index is 2.04. The van der Waals surface area contributed by atoms with Crippen molar-refractivity contribution in [3.8, 4) is 0 Å². The molecule has 11 heavy (non-hydrogen) atoms. The first-order valence-corrected chi connectivity index (χ1v) is 4.55. The third-order valence-corrected chi connectivity index (χ3v) is 2.43. The minimum Gasteiger partial charge on any atom is -0.262 e. The fraction of sp³-hybridized carbons (Fsp3) is 0.700. The van der Waals surface area contributed by atoms with Crippen LogP contribution in [-0.2, 0) is 0 Å². The summed E-state index contributed by atoms with van der Waals surface area (Å²) < 4.78 is 0. The molecule has 0 aromatic heterocycles. The lowest BCUT2D eigenvalue weighted by Crippen LogP contribution is -1.95. The van der Waals surface area contributed by atoms with Gasteiger partial charge in [-0.25, -0.2) is 0 Å². The zero-order chi connectivity index (χ0) is 7.84. The first kappa shape index (κ1) is 7.08. The molecule has 0 spiro atoms. The van der Waals surface area contributed by atoms with Crippen LogP contribution in [0.1, 0.15) is 33.1 Å². The molecule has 1 aliphatic carbocycles. The van der Waals surface area contributed by atoms with E-state index in [4.69, 9.17) is 0 Å². The molecule has 0 atom stereocenters. The second-order valence-corrected chi connectivity index (χ2v) is 3.87. The second-order valence-electron chi connectivity index (χ2n) is 3.87. The van der Waals surface area contributed by atoms with E-state index in [9.17, 15) is 0 Å². The molecule has 2 aliphatic rings. The molecule has 1 saturated carbocycles. The maximum absolute atomic E-state index is 4.63. The Hall–Kier alpha value is -0.590. The van der Waals surface area contributed by atoms with E-state index in [1.807, 2.05) is 0 Å². The lowest BCUT2D eigenvalue weighted by molar-refractivity contribution is 0.760. The normalized spacial score (nSPS) is 23.9. The van der Waals surface area contributed by atoms with Crippen molar-refractivity contribution in [1.29, 1.82) is 0 Å². The first-order chi connectivity index (χ1) is 5.27. The van der Waals surface area contributed by atoms with E-state index in [2.05, 4.69) is 24.9 Å². The van der Waals surface area contributed by atoms with Gasteiger partial charge in [-0.2, -0.15) is 0 Å². The average molecular weight is 149 g/mol. The van der Waals surface area contributed by atoms with Gasteiger partial charge in [0.15, 0.2) is 0 Å². The molecule has 1 aliphatic heterocycles. The van der Waals surface area contributed by atoms with Crippen molar-refractivity contribution in [3.05, 3.63) is 11.8 Å². The molecular weight excluding hydrogens is 134 g/mol. The average Bonchev–Trinajstić information content (AvgIpc) is 2.68. The maximum Gasteiger partial charge on any atom is 0.0392 e. The molecule has 60 valence electrons. The number of allylic oxidation sites excluding steroid dienone is 2. The summed E-state index contributed by atoms with van der Waals surface area (Å²) in [7, 11) is 0. The van der Waals surface area contributed by atoms with Gasteiger partial charge in [-0.05, 0) is 24.7 Å². The predicted molar refractivity (Wildman–Crippen MR) is 47.7 cm³/mol. The Morgan fingerprint density at radius 1 is 1.45 bits per heavy atom. The van der Waals surface area contributed by atoms with Crippen LogP contribution in [0.4, 0.5) is 0 Å². The fourth-order valence-corrected chi connectivity index (χ4v) is 1.51. The Morgan fingerprint density at radius 3 is 2.64 bits per heavy atom. The van der Waals surface area contributed by atoms with Crippen LogP contribution < -0.4 is 0 Å². The molecule has 0 N–H and O–H groups in total. The maximum atomic E-state index is 4.63. The van der Waals surface area contributed by atoms with Gasteiger partial charge in [0.25, 0.3) is 0 Å². The van der Waals surface area contributed by atoms with Gasteiger partial charge in [0, 0.05) is 17.8 Å². The van der Waals surface area contributed by atoms with Crippen molar-refractivity contribution < 1.29 is 0 Å². The molecule has 2 rings (SSSR count). The summed E-state index contributed by atoms with van der Waals surface area (Å²) in [5.74, 6) is 1.48. The van der Waals surface area contributed by atoms with Crippen molar-refractivity contribution in [2.24, 2.45) is 16.8 Å². The number of aliphatic imine (C=N–C) groups is 1. The van der Waals surface area contributed by atoms with Crippen molar-refractivity contribution in [3.63, 3.8) is 0 Å². The second kappa shape index (κ2) is 2.47. The van der Waals surface area contributed by atoms with Gasteiger partial charge in [-0.15, -0.1) is 0 Å². The zero-order valence-corrected chi connectivity index (χ0v) is 7.30. The molecule has 0 saturated heterocycles. The van der Waals surface area contributed by atoms with Crippen molar-refractivity contribution >= 4 is 5.71 Å². The van der Waals surface area contributed by atoms with Gasteiger partial charge in [0.2, 0.25) is 0 Å². The van der Waals surface area contributed by atoms with Crippen LogP contribution in [0.2, 0.25) is 0 Å². The van der Waals surface area contributed by atoms with E-state index in [0.29, 0.717) is 5.92 Å². The Morgan fingerprint density at radius 2 is 2.18 bits per heavy atom. The van der Waals surface area contributed by atoms with Gasteiger partial charge in [0.1, 0.15) is 0 Å². The number of hydrogen-bond donors (Lipinski definition) is 0. The lowest BCUT2D eigenvalue weighted by Gasteiger charge is -2.00. The molecule has 1 heteroatoms. The molecule has 0 aromatic rings. The largest absolute Gasteiger partial charge is 0.262 e. The molecule has 0 amide bonds. The molecule has 1 fully saturated rings. The van der Waals surface area contributed by atoms with Crippen LogP contribution in [0.15, 0.2) is 16.8 Å². The summed E-state index contributed by atoms with van der Waals surface area (Å²) in [6.07, 6.45) is 6.20. The van der Waals surface area contributed by atoms with E-state index in [0.717, 1.165) is 12.3 Å². The topological polar surface area (TPSA) is 12.4 Å². The van der Waals surface area contributed by atoms with E-state index in [1.165, 1.54) is 24.3 Å². The molecule has 0 radical (unpaired) electrons. The zero-order valence-electron chi connectivity index (χ0n) is 7.30. The van der Waals surface area contributed by atoms with Gasteiger partial charge in [-0.3, -0.25) is 4.99 Å². The minimum atomic E-state index is 0.617. The van der Waals surface area contributed by atoms with E-state index >= 15 is 0 Å². The molecule has 1 heterocycles. The summed E-state index contributed by atoms with van der Waals surface area (Å²) in [6, 6.07) is 0. The Kier molecular flexibility index (Phi) is 1.59. The van der Waals surface area contributed by atoms with Gasteiger partial charge >= 0.3 is 0 Å². The SMILES string of the molecule is CC(C)C1=CCC(C2CC2)=N1. The highest BCUT2D eigenvalue weighted by Crippen LogP contribution is 2.35. The number of nitrogens with zero attached hydrogens (tertiary/aromatic N) is 1. The highest BCUT2D eigenvalue weighted by atomic mass is 14.8. The smallest absolute Gasteiger partial charge is 0.0392 e. The highest BCUT2D eigenvalue weighted by molar-refractivity contribution is 5.92. The van der Waals surface area contributed by atoms with Crippen molar-refractivity contribution in [2.45, 2.75) is 33.1 Å². The van der Waals surface area contributed by atoms with Crippen molar-refractivity contribution in [1.82, 2.24) is 0 Å². The van der Waals surface area contributed by atoms with E-state index < -0.39 is 0 Å². The molecular formula is C10H15N. The van der Waals surface area contributed by atoms with Gasteiger partial charge < -0.3 is 0 Å². The molecule has 0 bridgehead atoms. The number of rotatable bonds is 2. The molecule has 0 unspecified atom stereocenters. The first-order valence-electron chi connectivity index (χ1n) is 4.55. The summed E-state index contributed by atoms with van der Waals surface area (Å²) in [5.41, 5.74) is 2.76. The third-order valence-electron chi connectivity index (χ3n) is 2.43. The van der Waals surface area contributed by atoms with Crippen LogP contribution in [0.3, 0.4) is 0 Å². The van der Waals surface area contributed by atoms with Crippen molar-refractivity contribution in [2.75, 3.05) is 0 Å². The fourth-order valence-electron chi connectivity index (χ4n) is 1.51. The van der Waals surface area contributed by atoms with Crippen LogP contribution >= 0.6 is 0 Å². The van der Waals surface area contributed by atoms with Gasteiger partial charge in [-0.1, -0.05) is 19.9 Å². The Bertz CT molecular complexity index is 219. The predicted octanol–water partition coefficient (Wildman–Crippen LogP) is 2.78. The van der Waals surface area contributed by atoms with E-state index in [-0.39, 0.29) is 0 Å². The van der Waals surface area contributed by atoms with Crippen LogP contribution in [0.25, 0.3) is 0 Å². The summed E-state index contributed by atoms with van der Waals surface area (Å²) in [5, 5.41) is 0. The minimum absolute atomic E-state index is 0.617. The molecule has 0 aromatic carbocycles. The number of hydrogen-bond acceptors (Lipinski definition) is 1. The monoisotopic (exact) mass is 149 g/mol. The highest BCUT2D eigenvalue weighted by Gasteiger charge is 2.28. The molecule has 1 nitrogen and oxygen atoms in total.